The van der Waals surface area contributed by atoms with Gasteiger partial charge in [-0.05, 0) is 19.4 Å². The molecular formula is C15H24IN3. The highest BCUT2D eigenvalue weighted by molar-refractivity contribution is 14.0. The Bertz CT molecular complexity index is 398. The summed E-state index contributed by atoms with van der Waals surface area (Å²) < 4.78 is 0. The fourth-order valence-corrected chi connectivity index (χ4v) is 1.66. The monoisotopic (exact) mass is 373 g/mol. The van der Waals surface area contributed by atoms with E-state index in [4.69, 9.17) is 0 Å². The molecule has 19 heavy (non-hydrogen) atoms. The first kappa shape index (κ1) is 18.0. The van der Waals surface area contributed by atoms with Gasteiger partial charge < -0.3 is 10.2 Å². The van der Waals surface area contributed by atoms with Crippen LogP contribution >= 0.6 is 24.0 Å². The second kappa shape index (κ2) is 9.83. The van der Waals surface area contributed by atoms with Crippen LogP contribution in [-0.2, 0) is 6.54 Å². The Balaban J connectivity index is 0.00000324. The van der Waals surface area contributed by atoms with Gasteiger partial charge in [0.25, 0.3) is 0 Å². The number of aryl methyl sites for hydroxylation is 1. The minimum atomic E-state index is 0. The van der Waals surface area contributed by atoms with Crippen LogP contribution in [0.4, 0.5) is 0 Å². The molecule has 0 fully saturated rings. The van der Waals surface area contributed by atoms with Gasteiger partial charge in [0, 0.05) is 20.1 Å². The SMILES string of the molecule is C=CCN=C(NCC)N(C)Cc1ccc(C)cc1.I. The molecule has 0 saturated heterocycles. The maximum Gasteiger partial charge on any atom is 0.194 e. The van der Waals surface area contributed by atoms with Gasteiger partial charge in [0.2, 0.25) is 0 Å². The summed E-state index contributed by atoms with van der Waals surface area (Å²) in [5, 5.41) is 3.28. The summed E-state index contributed by atoms with van der Waals surface area (Å²) in [5.41, 5.74) is 2.57. The second-order valence-electron chi connectivity index (χ2n) is 4.32. The van der Waals surface area contributed by atoms with Gasteiger partial charge in [-0.15, -0.1) is 30.6 Å². The van der Waals surface area contributed by atoms with Crippen LogP contribution in [-0.4, -0.2) is 31.0 Å². The van der Waals surface area contributed by atoms with Crippen LogP contribution in [0, 0.1) is 6.92 Å². The van der Waals surface area contributed by atoms with Crippen molar-refractivity contribution in [3.63, 3.8) is 0 Å². The molecule has 0 amide bonds. The van der Waals surface area contributed by atoms with E-state index in [1.54, 1.807) is 6.08 Å². The molecule has 0 aromatic heterocycles. The molecule has 1 aromatic carbocycles. The van der Waals surface area contributed by atoms with Gasteiger partial charge >= 0.3 is 0 Å². The van der Waals surface area contributed by atoms with Crippen molar-refractivity contribution in [2.45, 2.75) is 20.4 Å². The molecule has 0 radical (unpaired) electrons. The molecule has 0 unspecified atom stereocenters. The van der Waals surface area contributed by atoms with E-state index in [0.717, 1.165) is 19.0 Å². The van der Waals surface area contributed by atoms with Crippen molar-refractivity contribution in [2.75, 3.05) is 20.1 Å². The molecule has 0 heterocycles. The van der Waals surface area contributed by atoms with E-state index < -0.39 is 0 Å². The molecular weight excluding hydrogens is 349 g/mol. The molecule has 4 heteroatoms. The van der Waals surface area contributed by atoms with Crippen LogP contribution in [0.25, 0.3) is 0 Å². The minimum absolute atomic E-state index is 0. The van der Waals surface area contributed by atoms with E-state index >= 15 is 0 Å². The molecule has 0 aliphatic rings. The zero-order valence-corrected chi connectivity index (χ0v) is 14.3. The number of rotatable bonds is 5. The number of nitrogens with zero attached hydrogens (tertiary/aromatic N) is 2. The van der Waals surface area contributed by atoms with Crippen LogP contribution < -0.4 is 5.32 Å². The van der Waals surface area contributed by atoms with Gasteiger partial charge in [-0.3, -0.25) is 0 Å². The minimum Gasteiger partial charge on any atom is -0.357 e. The highest BCUT2D eigenvalue weighted by Crippen LogP contribution is 2.06. The maximum atomic E-state index is 4.46. The van der Waals surface area contributed by atoms with E-state index in [0.29, 0.717) is 6.54 Å². The van der Waals surface area contributed by atoms with Crippen LogP contribution in [0.1, 0.15) is 18.1 Å². The topological polar surface area (TPSA) is 27.6 Å². The molecule has 3 nitrogen and oxygen atoms in total. The third kappa shape index (κ3) is 6.61. The van der Waals surface area contributed by atoms with Crippen molar-refractivity contribution in [3.05, 3.63) is 48.0 Å². The maximum absolute atomic E-state index is 4.46. The van der Waals surface area contributed by atoms with E-state index in [9.17, 15) is 0 Å². The van der Waals surface area contributed by atoms with Crippen molar-refractivity contribution in [2.24, 2.45) is 4.99 Å². The van der Waals surface area contributed by atoms with Crippen LogP contribution in [0.3, 0.4) is 0 Å². The van der Waals surface area contributed by atoms with Crippen molar-refractivity contribution >= 4 is 29.9 Å². The van der Waals surface area contributed by atoms with Crippen molar-refractivity contribution < 1.29 is 0 Å². The van der Waals surface area contributed by atoms with Crippen LogP contribution in [0.5, 0.6) is 0 Å². The van der Waals surface area contributed by atoms with Gasteiger partial charge in [0.05, 0.1) is 6.54 Å². The summed E-state index contributed by atoms with van der Waals surface area (Å²) in [5.74, 6) is 0.915. The zero-order valence-electron chi connectivity index (χ0n) is 12.0. The predicted octanol–water partition coefficient (Wildman–Crippen LogP) is 3.20. The molecule has 0 atom stereocenters. The lowest BCUT2D eigenvalue weighted by molar-refractivity contribution is 0.478. The Morgan fingerprint density at radius 1 is 1.37 bits per heavy atom. The Morgan fingerprint density at radius 2 is 2.00 bits per heavy atom. The predicted molar refractivity (Wildman–Crippen MR) is 94.2 cm³/mol. The van der Waals surface area contributed by atoms with E-state index in [1.165, 1.54) is 11.1 Å². The standard InChI is InChI=1S/C15H23N3.HI/c1-5-11-17-15(16-6-2)18(4)12-14-9-7-13(3)8-10-14;/h5,7-10H,1,6,11-12H2,2-4H3,(H,16,17);1H. The summed E-state index contributed by atoms with van der Waals surface area (Å²) in [6.07, 6.45) is 1.80. The lowest BCUT2D eigenvalue weighted by atomic mass is 10.1. The van der Waals surface area contributed by atoms with Crippen molar-refractivity contribution in [3.8, 4) is 0 Å². The average Bonchev–Trinajstić information content (AvgIpc) is 2.37. The Kier molecular flexibility index (Phi) is 9.30. The van der Waals surface area contributed by atoms with Gasteiger partial charge in [0.15, 0.2) is 5.96 Å². The molecule has 0 saturated carbocycles. The number of hydrogen-bond donors (Lipinski definition) is 1. The molecule has 0 aliphatic carbocycles. The highest BCUT2D eigenvalue weighted by Gasteiger charge is 2.05. The fraction of sp³-hybridized carbons (Fsp3) is 0.400. The van der Waals surface area contributed by atoms with Crippen LogP contribution in [0.15, 0.2) is 41.9 Å². The van der Waals surface area contributed by atoms with E-state index in [-0.39, 0.29) is 24.0 Å². The van der Waals surface area contributed by atoms with Gasteiger partial charge in [-0.25, -0.2) is 4.99 Å². The summed E-state index contributed by atoms with van der Waals surface area (Å²) >= 11 is 0. The lowest BCUT2D eigenvalue weighted by Gasteiger charge is -2.22. The van der Waals surface area contributed by atoms with Gasteiger partial charge in [-0.1, -0.05) is 35.9 Å². The Labute approximate surface area is 133 Å². The lowest BCUT2D eigenvalue weighted by Crippen LogP contribution is -2.38. The largest absolute Gasteiger partial charge is 0.357 e. The number of hydrogen-bond acceptors (Lipinski definition) is 1. The summed E-state index contributed by atoms with van der Waals surface area (Å²) in [6, 6.07) is 8.58. The van der Waals surface area contributed by atoms with Gasteiger partial charge in [0.1, 0.15) is 0 Å². The number of aliphatic imine (C=N–C) groups is 1. The molecule has 106 valence electrons. The van der Waals surface area contributed by atoms with Crippen LogP contribution in [0.2, 0.25) is 0 Å². The third-order valence-corrected chi connectivity index (χ3v) is 2.61. The van der Waals surface area contributed by atoms with E-state index in [1.807, 2.05) is 7.05 Å². The highest BCUT2D eigenvalue weighted by atomic mass is 127. The summed E-state index contributed by atoms with van der Waals surface area (Å²) in [4.78, 5) is 6.58. The molecule has 1 aromatic rings. The zero-order chi connectivity index (χ0) is 13.4. The average molecular weight is 373 g/mol. The normalized spacial score (nSPS) is 10.6. The Hall–Kier alpha value is -1.04. The van der Waals surface area contributed by atoms with Crippen molar-refractivity contribution in [1.82, 2.24) is 10.2 Å². The quantitative estimate of drug-likeness (QED) is 0.372. The first-order valence-corrected chi connectivity index (χ1v) is 6.33. The third-order valence-electron chi connectivity index (χ3n) is 2.61. The van der Waals surface area contributed by atoms with Crippen molar-refractivity contribution in [1.29, 1.82) is 0 Å². The van der Waals surface area contributed by atoms with Gasteiger partial charge in [-0.2, -0.15) is 0 Å². The molecule has 0 aliphatic heterocycles. The number of halogens is 1. The molecule has 0 spiro atoms. The first-order chi connectivity index (χ1) is 8.67. The number of nitrogens with one attached hydrogen (secondary N) is 1. The Morgan fingerprint density at radius 3 is 2.53 bits per heavy atom. The smallest absolute Gasteiger partial charge is 0.194 e. The summed E-state index contributed by atoms with van der Waals surface area (Å²) in [7, 11) is 2.05. The van der Waals surface area contributed by atoms with E-state index in [2.05, 4.69) is 59.9 Å². The molecule has 1 N–H and O–H groups in total. The molecule has 1 rings (SSSR count). The first-order valence-electron chi connectivity index (χ1n) is 6.33. The second-order valence-corrected chi connectivity index (χ2v) is 4.32. The fourth-order valence-electron chi connectivity index (χ4n) is 1.66. The number of guanidine groups is 1. The number of benzene rings is 1. The molecule has 0 bridgehead atoms. The summed E-state index contributed by atoms with van der Waals surface area (Å²) in [6.45, 7) is 10.2.